The lowest BCUT2D eigenvalue weighted by molar-refractivity contribution is 0.112. The molecule has 4 nitrogen and oxygen atoms in total. The first kappa shape index (κ1) is 11.0. The highest BCUT2D eigenvalue weighted by Crippen LogP contribution is 2.36. The number of hydrogen-bond acceptors (Lipinski definition) is 4. The van der Waals surface area contributed by atoms with Crippen molar-refractivity contribution in [2.24, 2.45) is 0 Å². The summed E-state index contributed by atoms with van der Waals surface area (Å²) in [6, 6.07) is 3.51. The number of ether oxygens (including phenoxy) is 1. The molecule has 2 rings (SSSR count). The van der Waals surface area contributed by atoms with E-state index in [0.29, 0.717) is 17.1 Å². The summed E-state index contributed by atoms with van der Waals surface area (Å²) in [5.41, 5.74) is 2.26. The van der Waals surface area contributed by atoms with E-state index in [-0.39, 0.29) is 5.24 Å². The van der Waals surface area contributed by atoms with E-state index in [1.54, 1.807) is 18.0 Å². The lowest BCUT2D eigenvalue weighted by Crippen LogP contribution is -2.26. The summed E-state index contributed by atoms with van der Waals surface area (Å²) in [5.74, 6) is 1.17. The molecule has 0 saturated heterocycles. The number of anilines is 1. The molecule has 16 heavy (non-hydrogen) atoms. The lowest BCUT2D eigenvalue weighted by Gasteiger charge is -2.25. The van der Waals surface area contributed by atoms with Crippen LogP contribution in [0.15, 0.2) is 12.1 Å². The van der Waals surface area contributed by atoms with Crippen LogP contribution in [0.5, 0.6) is 5.75 Å². The molecule has 0 bridgehead atoms. The molecule has 1 aliphatic heterocycles. The third kappa shape index (κ3) is 1.67. The van der Waals surface area contributed by atoms with Gasteiger partial charge in [-0.1, -0.05) is 11.8 Å². The number of rotatable bonds is 2. The van der Waals surface area contributed by atoms with E-state index in [1.165, 1.54) is 18.9 Å². The molecule has 0 fully saturated rings. The van der Waals surface area contributed by atoms with E-state index in [4.69, 9.17) is 4.74 Å². The molecule has 0 aliphatic carbocycles. The highest BCUT2D eigenvalue weighted by atomic mass is 32.2. The third-order valence-corrected chi connectivity index (χ3v) is 3.52. The zero-order valence-electron chi connectivity index (χ0n) is 9.02. The van der Waals surface area contributed by atoms with Gasteiger partial charge in [0.15, 0.2) is 6.29 Å². The van der Waals surface area contributed by atoms with Gasteiger partial charge < -0.3 is 9.64 Å². The van der Waals surface area contributed by atoms with Gasteiger partial charge in [0.1, 0.15) is 5.75 Å². The summed E-state index contributed by atoms with van der Waals surface area (Å²) in [6.45, 7) is 0. The SMILES string of the molecule is COc1cc2c(cc1C=O)N(C)C(=O)SC2. The van der Waals surface area contributed by atoms with E-state index in [1.807, 2.05) is 6.07 Å². The number of amides is 1. The number of aldehydes is 1. The summed E-state index contributed by atoms with van der Waals surface area (Å²) in [5, 5.41) is -0.00508. The van der Waals surface area contributed by atoms with Crippen LogP contribution in [0.25, 0.3) is 0 Å². The van der Waals surface area contributed by atoms with Crippen molar-refractivity contribution in [3.63, 3.8) is 0 Å². The third-order valence-electron chi connectivity index (χ3n) is 2.54. The van der Waals surface area contributed by atoms with Crippen LogP contribution in [0.1, 0.15) is 15.9 Å². The summed E-state index contributed by atoms with van der Waals surface area (Å²) in [6.07, 6.45) is 0.735. The normalized spacial score (nSPS) is 14.6. The quantitative estimate of drug-likeness (QED) is 0.740. The highest BCUT2D eigenvalue weighted by Gasteiger charge is 2.23. The minimum Gasteiger partial charge on any atom is -0.496 e. The fourth-order valence-corrected chi connectivity index (χ4v) is 2.46. The maximum atomic E-state index is 11.5. The number of benzene rings is 1. The minimum atomic E-state index is -0.00508. The number of methoxy groups -OCH3 is 1. The van der Waals surface area contributed by atoms with Gasteiger partial charge in [0.05, 0.1) is 12.7 Å². The van der Waals surface area contributed by atoms with Gasteiger partial charge in [0.2, 0.25) is 0 Å². The molecule has 0 saturated carbocycles. The number of thioether (sulfide) groups is 1. The lowest BCUT2D eigenvalue weighted by atomic mass is 10.1. The Morgan fingerprint density at radius 1 is 1.50 bits per heavy atom. The van der Waals surface area contributed by atoms with Crippen LogP contribution in [0.2, 0.25) is 0 Å². The number of carbonyl (C=O) groups is 2. The first-order valence-corrected chi connectivity index (χ1v) is 5.72. The second-order valence-electron chi connectivity index (χ2n) is 3.45. The summed E-state index contributed by atoms with van der Waals surface area (Å²) >= 11 is 1.24. The van der Waals surface area contributed by atoms with Crippen molar-refractivity contribution < 1.29 is 14.3 Å². The Bertz CT molecular complexity index is 459. The van der Waals surface area contributed by atoms with Crippen molar-refractivity contribution in [1.82, 2.24) is 0 Å². The van der Waals surface area contributed by atoms with Crippen LogP contribution < -0.4 is 9.64 Å². The molecule has 0 radical (unpaired) electrons. The van der Waals surface area contributed by atoms with Crippen molar-refractivity contribution >= 4 is 29.0 Å². The Labute approximate surface area is 97.6 Å². The zero-order valence-corrected chi connectivity index (χ0v) is 9.84. The molecule has 0 spiro atoms. The van der Waals surface area contributed by atoms with Crippen LogP contribution in [-0.2, 0) is 5.75 Å². The average molecular weight is 237 g/mol. The Morgan fingerprint density at radius 3 is 2.88 bits per heavy atom. The molecule has 1 aromatic carbocycles. The monoisotopic (exact) mass is 237 g/mol. The van der Waals surface area contributed by atoms with Crippen LogP contribution in [0.4, 0.5) is 10.5 Å². The molecular weight excluding hydrogens is 226 g/mol. The average Bonchev–Trinajstić information content (AvgIpc) is 2.32. The van der Waals surface area contributed by atoms with Gasteiger partial charge in [-0.2, -0.15) is 0 Å². The Balaban J connectivity index is 2.56. The van der Waals surface area contributed by atoms with E-state index in [9.17, 15) is 9.59 Å². The van der Waals surface area contributed by atoms with Crippen molar-refractivity contribution in [2.45, 2.75) is 5.75 Å². The van der Waals surface area contributed by atoms with Crippen LogP contribution in [0, 0.1) is 0 Å². The molecular formula is C11H11NO3S. The number of nitrogens with zero attached hydrogens (tertiary/aromatic N) is 1. The van der Waals surface area contributed by atoms with Gasteiger partial charge >= 0.3 is 0 Å². The second kappa shape index (κ2) is 4.17. The molecule has 0 unspecified atom stereocenters. The Morgan fingerprint density at radius 2 is 2.25 bits per heavy atom. The molecule has 5 heteroatoms. The van der Waals surface area contributed by atoms with Crippen molar-refractivity contribution in [1.29, 1.82) is 0 Å². The largest absolute Gasteiger partial charge is 0.496 e. The fraction of sp³-hybridized carbons (Fsp3) is 0.273. The standard InChI is InChI=1S/C11H11NO3S/c1-12-9-3-7(5-13)10(15-2)4-8(9)6-16-11(12)14/h3-5H,6H2,1-2H3. The zero-order chi connectivity index (χ0) is 11.7. The first-order valence-electron chi connectivity index (χ1n) is 4.74. The van der Waals surface area contributed by atoms with E-state index >= 15 is 0 Å². The molecule has 0 aromatic heterocycles. The van der Waals surface area contributed by atoms with E-state index < -0.39 is 0 Å². The maximum Gasteiger partial charge on any atom is 0.286 e. The summed E-state index contributed by atoms with van der Waals surface area (Å²) < 4.78 is 5.12. The van der Waals surface area contributed by atoms with E-state index in [2.05, 4.69) is 0 Å². The van der Waals surface area contributed by atoms with Gasteiger partial charge in [-0.25, -0.2) is 0 Å². The van der Waals surface area contributed by atoms with Gasteiger partial charge in [-0.15, -0.1) is 0 Å². The Kier molecular flexibility index (Phi) is 2.87. The molecule has 0 N–H and O–H groups in total. The van der Waals surface area contributed by atoms with Crippen molar-refractivity contribution in [3.05, 3.63) is 23.3 Å². The van der Waals surface area contributed by atoms with Crippen molar-refractivity contribution in [3.8, 4) is 5.75 Å². The maximum absolute atomic E-state index is 11.5. The van der Waals surface area contributed by atoms with Gasteiger partial charge in [-0.3, -0.25) is 9.59 Å². The number of fused-ring (bicyclic) bond motifs is 1. The summed E-state index contributed by atoms with van der Waals surface area (Å²) in [7, 11) is 3.23. The molecule has 84 valence electrons. The molecule has 1 aliphatic rings. The summed E-state index contributed by atoms with van der Waals surface area (Å²) in [4.78, 5) is 23.9. The topological polar surface area (TPSA) is 46.6 Å². The van der Waals surface area contributed by atoms with E-state index in [0.717, 1.165) is 17.5 Å². The fourth-order valence-electron chi connectivity index (χ4n) is 1.66. The van der Waals surface area contributed by atoms with Gasteiger partial charge in [0, 0.05) is 18.5 Å². The predicted molar refractivity (Wildman–Crippen MR) is 63.5 cm³/mol. The smallest absolute Gasteiger partial charge is 0.286 e. The Hall–Kier alpha value is -1.49. The predicted octanol–water partition coefficient (Wildman–Crippen LogP) is 2.31. The molecule has 1 heterocycles. The van der Waals surface area contributed by atoms with Crippen LogP contribution in [0.3, 0.4) is 0 Å². The number of hydrogen-bond donors (Lipinski definition) is 0. The first-order chi connectivity index (χ1) is 7.67. The van der Waals surface area contributed by atoms with Crippen LogP contribution >= 0.6 is 11.8 Å². The molecule has 1 amide bonds. The van der Waals surface area contributed by atoms with Crippen LogP contribution in [-0.4, -0.2) is 25.7 Å². The van der Waals surface area contributed by atoms with Gasteiger partial charge in [-0.05, 0) is 17.7 Å². The minimum absolute atomic E-state index is 0.00508. The number of carbonyl (C=O) groups excluding carboxylic acids is 2. The van der Waals surface area contributed by atoms with Crippen molar-refractivity contribution in [2.75, 3.05) is 19.1 Å². The second-order valence-corrected chi connectivity index (χ2v) is 4.38. The van der Waals surface area contributed by atoms with Gasteiger partial charge in [0.25, 0.3) is 5.24 Å². The molecule has 1 aromatic rings. The highest BCUT2D eigenvalue weighted by molar-refractivity contribution is 8.13. The molecule has 0 atom stereocenters.